The highest BCUT2D eigenvalue weighted by Gasteiger charge is 2.07. The smallest absolute Gasteiger partial charge is 0.251 e. The molecule has 0 saturated carbocycles. The van der Waals surface area contributed by atoms with Crippen molar-refractivity contribution >= 4 is 17.5 Å². The first-order valence-electron chi connectivity index (χ1n) is 6.77. The Morgan fingerprint density at radius 1 is 1.18 bits per heavy atom. The maximum atomic E-state index is 12.1. The fourth-order valence-corrected chi connectivity index (χ4v) is 1.98. The van der Waals surface area contributed by atoms with Crippen LogP contribution in [0.3, 0.4) is 0 Å². The van der Waals surface area contributed by atoms with Crippen LogP contribution in [0, 0.1) is 0 Å². The Balaban J connectivity index is 2.04. The molecule has 22 heavy (non-hydrogen) atoms. The molecule has 0 aliphatic heterocycles. The molecule has 6 heteroatoms. The van der Waals surface area contributed by atoms with Gasteiger partial charge in [0.05, 0.1) is 0 Å². The van der Waals surface area contributed by atoms with E-state index in [1.165, 1.54) is 17.6 Å². The van der Waals surface area contributed by atoms with Gasteiger partial charge in [-0.05, 0) is 23.8 Å². The summed E-state index contributed by atoms with van der Waals surface area (Å²) in [5, 5.41) is 5.41. The van der Waals surface area contributed by atoms with Gasteiger partial charge < -0.3 is 15.2 Å². The van der Waals surface area contributed by atoms with E-state index in [-0.39, 0.29) is 17.4 Å². The zero-order valence-electron chi connectivity index (χ0n) is 12.4. The Hall–Kier alpha value is -2.89. The third-order valence-electron chi connectivity index (χ3n) is 3.05. The Morgan fingerprint density at radius 3 is 2.64 bits per heavy atom. The van der Waals surface area contributed by atoms with Crippen LogP contribution in [-0.2, 0) is 18.4 Å². The number of hydrogen-bond acceptors (Lipinski definition) is 3. The highest BCUT2D eigenvalue weighted by molar-refractivity contribution is 5.96. The summed E-state index contributed by atoms with van der Waals surface area (Å²) in [6.07, 6.45) is 1.68. The molecule has 0 fully saturated rings. The van der Waals surface area contributed by atoms with Crippen LogP contribution in [0.1, 0.15) is 22.8 Å². The molecule has 0 spiro atoms. The van der Waals surface area contributed by atoms with Crippen LogP contribution in [0.5, 0.6) is 0 Å². The van der Waals surface area contributed by atoms with Crippen molar-refractivity contribution in [2.45, 2.75) is 13.5 Å². The minimum absolute atomic E-state index is 0.0990. The first-order valence-corrected chi connectivity index (χ1v) is 6.77. The van der Waals surface area contributed by atoms with E-state index in [2.05, 4.69) is 10.6 Å². The van der Waals surface area contributed by atoms with Gasteiger partial charge in [0, 0.05) is 44.0 Å². The van der Waals surface area contributed by atoms with E-state index in [0.29, 0.717) is 17.8 Å². The van der Waals surface area contributed by atoms with E-state index in [1.54, 1.807) is 43.6 Å². The Kier molecular flexibility index (Phi) is 4.73. The molecule has 0 bridgehead atoms. The van der Waals surface area contributed by atoms with E-state index in [1.807, 2.05) is 0 Å². The van der Waals surface area contributed by atoms with Crippen LogP contribution in [0.2, 0.25) is 0 Å². The second-order valence-electron chi connectivity index (χ2n) is 4.93. The monoisotopic (exact) mass is 299 g/mol. The van der Waals surface area contributed by atoms with Crippen molar-refractivity contribution in [3.05, 3.63) is 64.1 Å². The van der Waals surface area contributed by atoms with Crippen LogP contribution in [-0.4, -0.2) is 16.4 Å². The zero-order valence-corrected chi connectivity index (χ0v) is 12.4. The van der Waals surface area contributed by atoms with Crippen LogP contribution in [0.4, 0.5) is 5.69 Å². The third kappa shape index (κ3) is 4.05. The molecular weight excluding hydrogens is 282 g/mol. The average Bonchev–Trinajstić information content (AvgIpc) is 2.48. The molecule has 0 unspecified atom stereocenters. The van der Waals surface area contributed by atoms with Crippen LogP contribution in [0.15, 0.2) is 47.4 Å². The number of aromatic nitrogens is 1. The average molecular weight is 299 g/mol. The lowest BCUT2D eigenvalue weighted by atomic mass is 10.2. The summed E-state index contributed by atoms with van der Waals surface area (Å²) in [5.41, 5.74) is 1.75. The van der Waals surface area contributed by atoms with Crippen LogP contribution in [0.25, 0.3) is 0 Å². The first kappa shape index (κ1) is 15.5. The van der Waals surface area contributed by atoms with E-state index in [0.717, 1.165) is 5.56 Å². The molecule has 0 atom stereocenters. The summed E-state index contributed by atoms with van der Waals surface area (Å²) in [4.78, 5) is 34.4. The molecule has 2 N–H and O–H groups in total. The Morgan fingerprint density at radius 2 is 1.95 bits per heavy atom. The summed E-state index contributed by atoms with van der Waals surface area (Å²) >= 11 is 0. The van der Waals surface area contributed by atoms with Crippen molar-refractivity contribution in [3.8, 4) is 0 Å². The number of rotatable bonds is 4. The number of benzene rings is 1. The number of pyridine rings is 1. The van der Waals surface area contributed by atoms with Gasteiger partial charge >= 0.3 is 0 Å². The summed E-state index contributed by atoms with van der Waals surface area (Å²) in [6.45, 7) is 1.73. The largest absolute Gasteiger partial charge is 0.348 e. The highest BCUT2D eigenvalue weighted by atomic mass is 16.2. The number of carbonyl (C=O) groups excluding carboxylic acids is 2. The quantitative estimate of drug-likeness (QED) is 0.892. The fourth-order valence-electron chi connectivity index (χ4n) is 1.98. The molecule has 2 aromatic rings. The minimum Gasteiger partial charge on any atom is -0.348 e. The summed E-state index contributed by atoms with van der Waals surface area (Å²) in [6, 6.07) is 9.83. The van der Waals surface area contributed by atoms with E-state index in [4.69, 9.17) is 0 Å². The van der Waals surface area contributed by atoms with Crippen LogP contribution < -0.4 is 16.2 Å². The van der Waals surface area contributed by atoms with E-state index >= 15 is 0 Å². The second kappa shape index (κ2) is 6.71. The first-order chi connectivity index (χ1) is 10.5. The topological polar surface area (TPSA) is 80.2 Å². The van der Waals surface area contributed by atoms with Crippen molar-refractivity contribution in [1.82, 2.24) is 9.88 Å². The molecular formula is C16H17N3O3. The fraction of sp³-hybridized carbons (Fsp3) is 0.188. The molecule has 1 aromatic carbocycles. The molecule has 0 aliphatic carbocycles. The maximum Gasteiger partial charge on any atom is 0.251 e. The number of aryl methyl sites for hydroxylation is 1. The molecule has 114 valence electrons. The van der Waals surface area contributed by atoms with Gasteiger partial charge in [-0.2, -0.15) is 0 Å². The van der Waals surface area contributed by atoms with Crippen molar-refractivity contribution in [2.75, 3.05) is 5.32 Å². The number of amides is 2. The zero-order chi connectivity index (χ0) is 16.1. The molecule has 0 aliphatic rings. The molecule has 1 heterocycles. The highest BCUT2D eigenvalue weighted by Crippen LogP contribution is 2.10. The van der Waals surface area contributed by atoms with Gasteiger partial charge in [-0.1, -0.05) is 12.1 Å². The summed E-state index contributed by atoms with van der Waals surface area (Å²) < 4.78 is 1.46. The van der Waals surface area contributed by atoms with Crippen molar-refractivity contribution < 1.29 is 9.59 Å². The maximum absolute atomic E-state index is 12.1. The molecule has 0 radical (unpaired) electrons. The predicted molar refractivity (Wildman–Crippen MR) is 83.6 cm³/mol. The van der Waals surface area contributed by atoms with Crippen molar-refractivity contribution in [2.24, 2.45) is 7.05 Å². The van der Waals surface area contributed by atoms with Gasteiger partial charge in [-0.15, -0.1) is 0 Å². The third-order valence-corrected chi connectivity index (χ3v) is 3.05. The summed E-state index contributed by atoms with van der Waals surface area (Å²) in [7, 11) is 1.66. The molecule has 1 aromatic heterocycles. The number of nitrogens with zero attached hydrogens (tertiary/aromatic N) is 1. The lowest BCUT2D eigenvalue weighted by Crippen LogP contribution is -2.24. The Bertz CT molecular complexity index is 765. The van der Waals surface area contributed by atoms with Gasteiger partial charge in [0.15, 0.2) is 0 Å². The van der Waals surface area contributed by atoms with Crippen LogP contribution >= 0.6 is 0 Å². The SMILES string of the molecule is CC(=O)Nc1cccc(C(=O)NCc2ccc(=O)n(C)c2)c1. The lowest BCUT2D eigenvalue weighted by Gasteiger charge is -2.08. The standard InChI is InChI=1S/C16H17N3O3/c1-11(20)18-14-5-3-4-13(8-14)16(22)17-9-12-6-7-15(21)19(2)10-12/h3-8,10H,9H2,1-2H3,(H,17,22)(H,18,20). The van der Waals surface area contributed by atoms with Crippen molar-refractivity contribution in [3.63, 3.8) is 0 Å². The van der Waals surface area contributed by atoms with E-state index < -0.39 is 0 Å². The molecule has 6 nitrogen and oxygen atoms in total. The van der Waals surface area contributed by atoms with Gasteiger partial charge in [0.2, 0.25) is 11.5 Å². The van der Waals surface area contributed by atoms with Gasteiger partial charge in [-0.25, -0.2) is 0 Å². The van der Waals surface area contributed by atoms with Gasteiger partial charge in [0.1, 0.15) is 0 Å². The molecule has 2 amide bonds. The number of anilines is 1. The van der Waals surface area contributed by atoms with E-state index in [9.17, 15) is 14.4 Å². The molecule has 0 saturated heterocycles. The predicted octanol–water partition coefficient (Wildman–Crippen LogP) is 1.27. The minimum atomic E-state index is -0.249. The normalized spacial score (nSPS) is 10.1. The summed E-state index contributed by atoms with van der Waals surface area (Å²) in [5.74, 6) is -0.441. The number of nitrogens with one attached hydrogen (secondary N) is 2. The van der Waals surface area contributed by atoms with Gasteiger partial charge in [-0.3, -0.25) is 14.4 Å². The van der Waals surface area contributed by atoms with Crippen molar-refractivity contribution in [1.29, 1.82) is 0 Å². The molecule has 2 rings (SSSR count). The lowest BCUT2D eigenvalue weighted by molar-refractivity contribution is -0.114. The second-order valence-corrected chi connectivity index (χ2v) is 4.93. The Labute approximate surface area is 127 Å². The number of carbonyl (C=O) groups is 2. The van der Waals surface area contributed by atoms with Gasteiger partial charge in [0.25, 0.3) is 5.91 Å². The number of hydrogen-bond donors (Lipinski definition) is 2.